The Morgan fingerprint density at radius 2 is 2.00 bits per heavy atom. The van der Waals surface area contributed by atoms with Crippen molar-refractivity contribution >= 4 is 9.84 Å². The second-order valence-electron chi connectivity index (χ2n) is 6.58. The maximum Gasteiger partial charge on any atom is 0.150 e. The summed E-state index contributed by atoms with van der Waals surface area (Å²) in [7, 11) is -2.83. The van der Waals surface area contributed by atoms with Gasteiger partial charge in [-0.15, -0.1) is 0 Å². The van der Waals surface area contributed by atoms with Gasteiger partial charge in [-0.1, -0.05) is 20.8 Å². The number of piperazine rings is 1. The summed E-state index contributed by atoms with van der Waals surface area (Å²) in [5.74, 6) is 1.18. The highest BCUT2D eigenvalue weighted by Crippen LogP contribution is 2.21. The smallest absolute Gasteiger partial charge is 0.150 e. The molecule has 114 valence electrons. The van der Waals surface area contributed by atoms with E-state index >= 15 is 0 Å². The van der Waals surface area contributed by atoms with Gasteiger partial charge in [0.2, 0.25) is 0 Å². The third-order valence-electron chi connectivity index (χ3n) is 4.20. The molecule has 1 fully saturated rings. The molecule has 1 saturated heterocycles. The molecule has 1 rings (SSSR count). The molecule has 0 aromatic heterocycles. The van der Waals surface area contributed by atoms with E-state index in [1.54, 1.807) is 6.92 Å². The number of rotatable bonds is 6. The summed E-state index contributed by atoms with van der Waals surface area (Å²) in [5, 5.41) is 3.60. The van der Waals surface area contributed by atoms with Gasteiger partial charge >= 0.3 is 0 Å². The van der Waals surface area contributed by atoms with Crippen LogP contribution in [0.15, 0.2) is 0 Å². The highest BCUT2D eigenvalue weighted by molar-refractivity contribution is 7.91. The van der Waals surface area contributed by atoms with Crippen molar-refractivity contribution in [3.63, 3.8) is 0 Å². The first kappa shape index (κ1) is 16.9. The van der Waals surface area contributed by atoms with E-state index in [-0.39, 0.29) is 11.3 Å². The van der Waals surface area contributed by atoms with Crippen molar-refractivity contribution in [3.8, 4) is 0 Å². The summed E-state index contributed by atoms with van der Waals surface area (Å²) >= 11 is 0. The first-order chi connectivity index (χ1) is 8.68. The minimum atomic E-state index is -2.83. The molecule has 0 saturated carbocycles. The van der Waals surface area contributed by atoms with Gasteiger partial charge in [0.15, 0.2) is 0 Å². The van der Waals surface area contributed by atoms with Gasteiger partial charge in [-0.3, -0.25) is 4.90 Å². The molecule has 0 spiro atoms. The van der Waals surface area contributed by atoms with Gasteiger partial charge < -0.3 is 5.32 Å². The standard InChI is InChI=1S/C14H30N2O2S/c1-6-19(17,18)9-7-8-16-10-13(12(2)3)15-11-14(16,4)5/h12-13,15H,6-11H2,1-5H3. The number of nitrogens with one attached hydrogen (secondary N) is 1. The van der Waals surface area contributed by atoms with E-state index < -0.39 is 9.84 Å². The van der Waals surface area contributed by atoms with Crippen molar-refractivity contribution in [1.29, 1.82) is 0 Å². The van der Waals surface area contributed by atoms with Crippen LogP contribution >= 0.6 is 0 Å². The second kappa shape index (κ2) is 6.55. The lowest BCUT2D eigenvalue weighted by Gasteiger charge is -2.47. The van der Waals surface area contributed by atoms with Crippen LogP contribution in [0.5, 0.6) is 0 Å². The van der Waals surface area contributed by atoms with Gasteiger partial charge in [0.05, 0.1) is 5.75 Å². The first-order valence-corrected chi connectivity index (χ1v) is 9.19. The topological polar surface area (TPSA) is 49.4 Å². The molecule has 0 aromatic rings. The van der Waals surface area contributed by atoms with E-state index in [4.69, 9.17) is 0 Å². The molecule has 5 heteroatoms. The van der Waals surface area contributed by atoms with Gasteiger partial charge in [-0.2, -0.15) is 0 Å². The summed E-state index contributed by atoms with van der Waals surface area (Å²) in [6.45, 7) is 13.5. The molecular weight excluding hydrogens is 260 g/mol. The minimum Gasteiger partial charge on any atom is -0.311 e. The molecule has 0 aliphatic carbocycles. The van der Waals surface area contributed by atoms with Gasteiger partial charge in [-0.05, 0) is 32.7 Å². The Kier molecular flexibility index (Phi) is 5.83. The predicted octanol–water partition coefficient (Wildman–Crippen LogP) is 1.52. The van der Waals surface area contributed by atoms with Crippen LogP contribution in [-0.4, -0.2) is 56.0 Å². The average molecular weight is 290 g/mol. The van der Waals surface area contributed by atoms with E-state index in [9.17, 15) is 8.42 Å². The van der Waals surface area contributed by atoms with Crippen molar-refractivity contribution < 1.29 is 8.42 Å². The summed E-state index contributed by atoms with van der Waals surface area (Å²) < 4.78 is 23.1. The Bertz CT molecular complexity index is 377. The second-order valence-corrected chi connectivity index (χ2v) is 9.05. The zero-order valence-electron chi connectivity index (χ0n) is 13.1. The van der Waals surface area contributed by atoms with E-state index in [1.165, 1.54) is 0 Å². The lowest BCUT2D eigenvalue weighted by atomic mass is 9.93. The molecule has 1 aliphatic rings. The maximum atomic E-state index is 11.5. The third kappa shape index (κ3) is 5.04. The van der Waals surface area contributed by atoms with Crippen molar-refractivity contribution in [2.45, 2.75) is 52.6 Å². The fourth-order valence-corrected chi connectivity index (χ4v) is 3.36. The van der Waals surface area contributed by atoms with Crippen LogP contribution in [0.1, 0.15) is 41.0 Å². The lowest BCUT2D eigenvalue weighted by Crippen LogP contribution is -2.63. The Morgan fingerprint density at radius 1 is 1.37 bits per heavy atom. The molecule has 1 heterocycles. The molecular formula is C14H30N2O2S. The zero-order valence-corrected chi connectivity index (χ0v) is 13.9. The SMILES string of the molecule is CCS(=O)(=O)CCCN1CC(C(C)C)NCC1(C)C. The normalized spacial score (nSPS) is 24.8. The summed E-state index contributed by atoms with van der Waals surface area (Å²) in [6, 6.07) is 0.510. The summed E-state index contributed by atoms with van der Waals surface area (Å²) in [4.78, 5) is 2.44. The average Bonchev–Trinajstić information content (AvgIpc) is 2.30. The number of nitrogens with zero attached hydrogens (tertiary/aromatic N) is 1. The van der Waals surface area contributed by atoms with Crippen LogP contribution in [0.2, 0.25) is 0 Å². The Labute approximate surface area is 118 Å². The van der Waals surface area contributed by atoms with E-state index in [0.29, 0.717) is 17.7 Å². The molecule has 1 aliphatic heterocycles. The van der Waals surface area contributed by atoms with Crippen molar-refractivity contribution in [1.82, 2.24) is 10.2 Å². The van der Waals surface area contributed by atoms with Gasteiger partial charge in [0.25, 0.3) is 0 Å². The highest BCUT2D eigenvalue weighted by atomic mass is 32.2. The molecule has 0 aromatic carbocycles. The monoisotopic (exact) mass is 290 g/mol. The minimum absolute atomic E-state index is 0.112. The summed E-state index contributed by atoms with van der Waals surface area (Å²) in [5.41, 5.74) is 0.112. The van der Waals surface area contributed by atoms with Gasteiger partial charge in [-0.25, -0.2) is 8.42 Å². The van der Waals surface area contributed by atoms with Crippen molar-refractivity contribution in [2.24, 2.45) is 5.92 Å². The van der Waals surface area contributed by atoms with Crippen molar-refractivity contribution in [3.05, 3.63) is 0 Å². The Morgan fingerprint density at radius 3 is 2.53 bits per heavy atom. The van der Waals surface area contributed by atoms with Gasteiger partial charge in [0, 0.05) is 30.4 Å². The van der Waals surface area contributed by atoms with Gasteiger partial charge in [0.1, 0.15) is 9.84 Å². The van der Waals surface area contributed by atoms with Crippen molar-refractivity contribution in [2.75, 3.05) is 31.1 Å². The molecule has 4 nitrogen and oxygen atoms in total. The lowest BCUT2D eigenvalue weighted by molar-refractivity contribution is 0.0550. The number of hydrogen-bond acceptors (Lipinski definition) is 4. The van der Waals surface area contributed by atoms with Crippen LogP contribution in [0.3, 0.4) is 0 Å². The van der Waals surface area contributed by atoms with Crippen LogP contribution in [0.4, 0.5) is 0 Å². The molecule has 19 heavy (non-hydrogen) atoms. The fourth-order valence-electron chi connectivity index (χ4n) is 2.50. The molecule has 0 amide bonds. The Balaban J connectivity index is 2.53. The number of sulfone groups is 1. The number of hydrogen-bond donors (Lipinski definition) is 1. The molecule has 1 atom stereocenters. The molecule has 0 bridgehead atoms. The largest absolute Gasteiger partial charge is 0.311 e. The fraction of sp³-hybridized carbons (Fsp3) is 1.00. The predicted molar refractivity (Wildman–Crippen MR) is 81.2 cm³/mol. The molecule has 1 N–H and O–H groups in total. The molecule has 0 radical (unpaired) electrons. The molecule has 1 unspecified atom stereocenters. The van der Waals surface area contributed by atoms with E-state index in [1.807, 2.05) is 0 Å². The van der Waals surface area contributed by atoms with Crippen LogP contribution < -0.4 is 5.32 Å². The maximum absolute atomic E-state index is 11.5. The zero-order chi connectivity index (χ0) is 14.7. The first-order valence-electron chi connectivity index (χ1n) is 7.37. The van der Waals surface area contributed by atoms with Crippen LogP contribution in [-0.2, 0) is 9.84 Å². The van der Waals surface area contributed by atoms with Crippen LogP contribution in [0, 0.1) is 5.92 Å². The third-order valence-corrected chi connectivity index (χ3v) is 5.99. The highest BCUT2D eigenvalue weighted by Gasteiger charge is 2.34. The van der Waals surface area contributed by atoms with Crippen LogP contribution in [0.25, 0.3) is 0 Å². The summed E-state index contributed by atoms with van der Waals surface area (Å²) in [6.07, 6.45) is 0.740. The quantitative estimate of drug-likeness (QED) is 0.806. The Hall–Kier alpha value is -0.130. The van der Waals surface area contributed by atoms with E-state index in [0.717, 1.165) is 26.1 Å². The van der Waals surface area contributed by atoms with E-state index in [2.05, 4.69) is 37.9 Å².